The van der Waals surface area contributed by atoms with E-state index in [0.29, 0.717) is 0 Å². The standard InChI is InChI=1S/C18H14N4OS/c1-12(23)20-14-5-2-4-13(10-14)16-11-19-18-8-7-15(21-22(16)18)17-6-3-9-24-17/h2-11H,1H3,(H,20,23). The first-order valence-electron chi connectivity index (χ1n) is 7.47. The van der Waals surface area contributed by atoms with Crippen molar-refractivity contribution in [1.82, 2.24) is 14.6 Å². The van der Waals surface area contributed by atoms with Crippen molar-refractivity contribution in [2.75, 3.05) is 5.32 Å². The second-order valence-electron chi connectivity index (χ2n) is 5.37. The van der Waals surface area contributed by atoms with Crippen LogP contribution in [0, 0.1) is 0 Å². The fourth-order valence-corrected chi connectivity index (χ4v) is 3.28. The summed E-state index contributed by atoms with van der Waals surface area (Å²) in [5.41, 5.74) is 4.29. The average molecular weight is 334 g/mol. The SMILES string of the molecule is CC(=O)Nc1cccc(-c2cnc3ccc(-c4cccs4)nn23)c1. The Labute approximate surface area is 142 Å². The number of imidazole rings is 1. The van der Waals surface area contributed by atoms with Crippen LogP contribution in [0.15, 0.2) is 60.1 Å². The summed E-state index contributed by atoms with van der Waals surface area (Å²) in [5.74, 6) is -0.0941. The van der Waals surface area contributed by atoms with Gasteiger partial charge in [-0.05, 0) is 35.7 Å². The normalized spacial score (nSPS) is 10.9. The van der Waals surface area contributed by atoms with Crippen molar-refractivity contribution in [2.45, 2.75) is 6.92 Å². The van der Waals surface area contributed by atoms with Gasteiger partial charge in [-0.15, -0.1) is 11.3 Å². The predicted molar refractivity (Wildman–Crippen MR) is 96.0 cm³/mol. The van der Waals surface area contributed by atoms with Crippen LogP contribution >= 0.6 is 11.3 Å². The van der Waals surface area contributed by atoms with Gasteiger partial charge in [0.15, 0.2) is 5.65 Å². The number of carbonyl (C=O) groups is 1. The molecule has 0 saturated carbocycles. The molecule has 0 radical (unpaired) electrons. The zero-order valence-electron chi connectivity index (χ0n) is 12.9. The average Bonchev–Trinajstić information content (AvgIpc) is 3.23. The van der Waals surface area contributed by atoms with E-state index in [9.17, 15) is 4.79 Å². The van der Waals surface area contributed by atoms with Crippen molar-refractivity contribution in [3.8, 4) is 21.8 Å². The second-order valence-corrected chi connectivity index (χ2v) is 6.32. The van der Waals surface area contributed by atoms with E-state index in [0.717, 1.165) is 33.2 Å². The van der Waals surface area contributed by atoms with Crippen LogP contribution in [0.1, 0.15) is 6.92 Å². The van der Waals surface area contributed by atoms with Gasteiger partial charge in [-0.2, -0.15) is 5.10 Å². The molecule has 0 aliphatic rings. The fourth-order valence-electron chi connectivity index (χ4n) is 2.59. The third kappa shape index (κ3) is 2.68. The monoisotopic (exact) mass is 334 g/mol. The molecule has 0 aliphatic heterocycles. The largest absolute Gasteiger partial charge is 0.326 e. The number of hydrogen-bond acceptors (Lipinski definition) is 4. The van der Waals surface area contributed by atoms with Crippen molar-refractivity contribution in [2.24, 2.45) is 0 Å². The van der Waals surface area contributed by atoms with E-state index in [1.54, 1.807) is 17.5 Å². The lowest BCUT2D eigenvalue weighted by atomic mass is 10.1. The molecule has 4 rings (SSSR count). The highest BCUT2D eigenvalue weighted by molar-refractivity contribution is 7.13. The van der Waals surface area contributed by atoms with Crippen LogP contribution in [-0.2, 0) is 4.79 Å². The summed E-state index contributed by atoms with van der Waals surface area (Å²) in [5, 5.41) is 9.56. The number of benzene rings is 1. The first kappa shape index (κ1) is 14.6. The maximum Gasteiger partial charge on any atom is 0.221 e. The Kier molecular flexibility index (Phi) is 3.59. The predicted octanol–water partition coefficient (Wildman–Crippen LogP) is 4.08. The third-order valence-electron chi connectivity index (χ3n) is 3.61. The van der Waals surface area contributed by atoms with Gasteiger partial charge in [0, 0.05) is 18.2 Å². The zero-order valence-corrected chi connectivity index (χ0v) is 13.7. The molecule has 4 aromatic rings. The molecule has 0 bridgehead atoms. The minimum Gasteiger partial charge on any atom is -0.326 e. The first-order chi connectivity index (χ1) is 11.7. The van der Waals surface area contributed by atoms with Gasteiger partial charge in [-0.3, -0.25) is 4.79 Å². The third-order valence-corrected chi connectivity index (χ3v) is 4.51. The number of carbonyl (C=O) groups excluding carboxylic acids is 1. The lowest BCUT2D eigenvalue weighted by molar-refractivity contribution is -0.114. The van der Waals surface area contributed by atoms with Crippen molar-refractivity contribution in [3.63, 3.8) is 0 Å². The molecule has 1 aromatic carbocycles. The van der Waals surface area contributed by atoms with Gasteiger partial charge in [-0.25, -0.2) is 9.50 Å². The summed E-state index contributed by atoms with van der Waals surface area (Å²) >= 11 is 1.65. The Morgan fingerprint density at radius 3 is 2.88 bits per heavy atom. The Morgan fingerprint density at radius 2 is 2.08 bits per heavy atom. The van der Waals surface area contributed by atoms with Gasteiger partial charge in [0.1, 0.15) is 5.69 Å². The lowest BCUT2D eigenvalue weighted by Gasteiger charge is -2.06. The maximum atomic E-state index is 11.3. The fraction of sp³-hybridized carbons (Fsp3) is 0.0556. The number of amides is 1. The Bertz CT molecular complexity index is 1020. The van der Waals surface area contributed by atoms with Crippen molar-refractivity contribution >= 4 is 28.6 Å². The highest BCUT2D eigenvalue weighted by atomic mass is 32.1. The van der Waals surface area contributed by atoms with Crippen LogP contribution in [-0.4, -0.2) is 20.5 Å². The summed E-state index contributed by atoms with van der Waals surface area (Å²) in [6.45, 7) is 1.50. The topological polar surface area (TPSA) is 59.3 Å². The number of hydrogen-bond donors (Lipinski definition) is 1. The molecule has 0 fully saturated rings. The molecule has 3 heterocycles. The molecule has 1 N–H and O–H groups in total. The van der Waals surface area contributed by atoms with E-state index in [-0.39, 0.29) is 5.91 Å². The van der Waals surface area contributed by atoms with Gasteiger partial charge in [0.05, 0.1) is 16.8 Å². The summed E-state index contributed by atoms with van der Waals surface area (Å²) in [6.07, 6.45) is 1.80. The molecule has 6 heteroatoms. The van der Waals surface area contributed by atoms with Crippen molar-refractivity contribution in [1.29, 1.82) is 0 Å². The second kappa shape index (κ2) is 5.90. The van der Waals surface area contributed by atoms with E-state index in [4.69, 9.17) is 5.10 Å². The summed E-state index contributed by atoms with van der Waals surface area (Å²) < 4.78 is 1.84. The van der Waals surface area contributed by atoms with E-state index < -0.39 is 0 Å². The van der Waals surface area contributed by atoms with Gasteiger partial charge in [-0.1, -0.05) is 18.2 Å². The number of thiophene rings is 1. The molecule has 0 aliphatic carbocycles. The molecule has 118 valence electrons. The summed E-state index contributed by atoms with van der Waals surface area (Å²) in [6, 6.07) is 15.7. The minimum absolute atomic E-state index is 0.0941. The van der Waals surface area contributed by atoms with Crippen LogP contribution in [0.4, 0.5) is 5.69 Å². The number of anilines is 1. The summed E-state index contributed by atoms with van der Waals surface area (Å²) in [4.78, 5) is 16.8. The van der Waals surface area contributed by atoms with Crippen LogP contribution in [0.5, 0.6) is 0 Å². The molecule has 3 aromatic heterocycles. The van der Waals surface area contributed by atoms with E-state index in [1.807, 2.05) is 58.4 Å². The molecule has 0 atom stereocenters. The minimum atomic E-state index is -0.0941. The molecular formula is C18H14N4OS. The van der Waals surface area contributed by atoms with Gasteiger partial charge < -0.3 is 5.32 Å². The molecule has 5 nitrogen and oxygen atoms in total. The number of aromatic nitrogens is 3. The Hall–Kier alpha value is -2.99. The van der Waals surface area contributed by atoms with Crippen LogP contribution in [0.2, 0.25) is 0 Å². The molecule has 24 heavy (non-hydrogen) atoms. The highest BCUT2D eigenvalue weighted by Crippen LogP contribution is 2.26. The Balaban J connectivity index is 1.82. The van der Waals surface area contributed by atoms with Gasteiger partial charge >= 0.3 is 0 Å². The van der Waals surface area contributed by atoms with E-state index in [1.165, 1.54) is 6.92 Å². The molecule has 0 saturated heterocycles. The number of nitrogens with one attached hydrogen (secondary N) is 1. The number of nitrogens with zero attached hydrogens (tertiary/aromatic N) is 3. The Morgan fingerprint density at radius 1 is 1.17 bits per heavy atom. The smallest absolute Gasteiger partial charge is 0.221 e. The zero-order chi connectivity index (χ0) is 16.5. The molecule has 0 spiro atoms. The van der Waals surface area contributed by atoms with E-state index in [2.05, 4.69) is 10.3 Å². The van der Waals surface area contributed by atoms with Gasteiger partial charge in [0.25, 0.3) is 0 Å². The first-order valence-corrected chi connectivity index (χ1v) is 8.35. The maximum absolute atomic E-state index is 11.3. The van der Waals surface area contributed by atoms with Gasteiger partial charge in [0.2, 0.25) is 5.91 Å². The summed E-state index contributed by atoms with van der Waals surface area (Å²) in [7, 11) is 0. The highest BCUT2D eigenvalue weighted by Gasteiger charge is 2.10. The van der Waals surface area contributed by atoms with Crippen LogP contribution in [0.25, 0.3) is 27.5 Å². The van der Waals surface area contributed by atoms with Crippen molar-refractivity contribution < 1.29 is 4.79 Å². The molecular weight excluding hydrogens is 320 g/mol. The van der Waals surface area contributed by atoms with E-state index >= 15 is 0 Å². The number of fused-ring (bicyclic) bond motifs is 1. The lowest BCUT2D eigenvalue weighted by Crippen LogP contribution is -2.05. The molecule has 1 amide bonds. The van der Waals surface area contributed by atoms with Crippen LogP contribution < -0.4 is 5.32 Å². The van der Waals surface area contributed by atoms with Crippen molar-refractivity contribution in [3.05, 3.63) is 60.1 Å². The number of rotatable bonds is 3. The molecule has 0 unspecified atom stereocenters. The van der Waals surface area contributed by atoms with Crippen LogP contribution in [0.3, 0.4) is 0 Å². The quantitative estimate of drug-likeness (QED) is 0.614.